The minimum absolute atomic E-state index is 0.000739. The van der Waals surface area contributed by atoms with Gasteiger partial charge in [-0.25, -0.2) is 9.97 Å². The van der Waals surface area contributed by atoms with E-state index in [9.17, 15) is 4.79 Å². The van der Waals surface area contributed by atoms with E-state index in [2.05, 4.69) is 9.97 Å². The second-order valence-corrected chi connectivity index (χ2v) is 6.03. The Morgan fingerprint density at radius 3 is 3.10 bits per heavy atom. The predicted molar refractivity (Wildman–Crippen MR) is 79.8 cm³/mol. The van der Waals surface area contributed by atoms with E-state index in [4.69, 9.17) is 5.11 Å². The van der Waals surface area contributed by atoms with Gasteiger partial charge < -0.3 is 5.11 Å². The predicted octanol–water partition coefficient (Wildman–Crippen LogP) is 2.97. The van der Waals surface area contributed by atoms with Crippen LogP contribution in [0.15, 0.2) is 35.1 Å². The summed E-state index contributed by atoms with van der Waals surface area (Å²) < 4.78 is 3.07. The fraction of sp³-hybridized carbons (Fsp3) is 0.154. The van der Waals surface area contributed by atoms with Crippen LogP contribution in [0.1, 0.15) is 5.69 Å². The Bertz CT molecular complexity index is 779. The first-order valence-corrected chi connectivity index (χ1v) is 7.74. The molecule has 20 heavy (non-hydrogen) atoms. The number of hydrogen-bond acceptors (Lipinski definition) is 5. The van der Waals surface area contributed by atoms with Gasteiger partial charge in [0.1, 0.15) is 0 Å². The van der Waals surface area contributed by atoms with Gasteiger partial charge in [0.05, 0.1) is 21.5 Å². The number of aromatic nitrogens is 3. The molecule has 102 valence electrons. The molecule has 0 spiro atoms. The van der Waals surface area contributed by atoms with Crippen molar-refractivity contribution in [2.75, 3.05) is 5.75 Å². The van der Waals surface area contributed by atoms with E-state index in [1.807, 2.05) is 35.2 Å². The van der Waals surface area contributed by atoms with Crippen molar-refractivity contribution < 1.29 is 9.90 Å². The summed E-state index contributed by atoms with van der Waals surface area (Å²) in [6.45, 7) is 1.95. The monoisotopic (exact) mass is 305 g/mol. The Kier molecular flexibility index (Phi) is 3.45. The smallest absolute Gasteiger partial charge is 0.313 e. The fourth-order valence-electron chi connectivity index (χ4n) is 1.94. The fourth-order valence-corrected chi connectivity index (χ4v) is 3.41. The zero-order chi connectivity index (χ0) is 14.1. The highest BCUT2D eigenvalue weighted by Gasteiger charge is 2.12. The summed E-state index contributed by atoms with van der Waals surface area (Å²) in [5.74, 6) is -0.848. The van der Waals surface area contributed by atoms with Crippen LogP contribution in [0, 0.1) is 6.92 Å². The van der Waals surface area contributed by atoms with E-state index in [0.717, 1.165) is 21.6 Å². The number of hydrogen-bond donors (Lipinski definition) is 1. The molecule has 0 atom stereocenters. The van der Waals surface area contributed by atoms with Crippen molar-refractivity contribution in [1.82, 2.24) is 14.5 Å². The molecule has 0 radical (unpaired) electrons. The van der Waals surface area contributed by atoms with Gasteiger partial charge in [0, 0.05) is 17.6 Å². The maximum atomic E-state index is 10.7. The summed E-state index contributed by atoms with van der Waals surface area (Å²) in [5, 5.41) is 9.48. The molecule has 0 aliphatic heterocycles. The lowest BCUT2D eigenvalue weighted by Gasteiger charge is -2.09. The van der Waals surface area contributed by atoms with Gasteiger partial charge in [-0.15, -0.1) is 11.3 Å². The number of carboxylic acids is 1. The molecule has 0 fully saturated rings. The molecule has 0 aliphatic rings. The number of aryl methyl sites for hydroxylation is 1. The second kappa shape index (κ2) is 5.26. The highest BCUT2D eigenvalue weighted by Crippen LogP contribution is 2.26. The first kappa shape index (κ1) is 13.1. The summed E-state index contributed by atoms with van der Waals surface area (Å²) >= 11 is 2.80. The van der Waals surface area contributed by atoms with Crippen molar-refractivity contribution in [2.45, 2.75) is 12.1 Å². The summed E-state index contributed by atoms with van der Waals surface area (Å²) in [7, 11) is 0. The van der Waals surface area contributed by atoms with Crippen LogP contribution >= 0.6 is 23.1 Å². The molecule has 0 bridgehead atoms. The summed E-state index contributed by atoms with van der Waals surface area (Å²) in [5.41, 5.74) is 4.73. The van der Waals surface area contributed by atoms with Crippen LogP contribution in [0.5, 0.6) is 0 Å². The standard InChI is InChI=1S/C13H11N3O2S2/c1-8-5-14-13(19-6-12(17)18)16(8)9-2-3-10-11(4-9)20-7-15-10/h2-5,7H,6H2,1H3,(H,17,18). The second-order valence-electron chi connectivity index (χ2n) is 4.20. The van der Waals surface area contributed by atoms with Crippen LogP contribution in [0.2, 0.25) is 0 Å². The Morgan fingerprint density at radius 2 is 2.30 bits per heavy atom. The molecule has 0 saturated heterocycles. The zero-order valence-corrected chi connectivity index (χ0v) is 12.2. The van der Waals surface area contributed by atoms with E-state index in [1.165, 1.54) is 11.8 Å². The zero-order valence-electron chi connectivity index (χ0n) is 10.6. The number of thiazole rings is 1. The largest absolute Gasteiger partial charge is 0.481 e. The normalized spacial score (nSPS) is 11.1. The van der Waals surface area contributed by atoms with Crippen molar-refractivity contribution in [2.24, 2.45) is 0 Å². The molecule has 1 N–H and O–H groups in total. The first-order chi connectivity index (χ1) is 9.65. The molecule has 5 nitrogen and oxygen atoms in total. The van der Waals surface area contributed by atoms with E-state index in [-0.39, 0.29) is 5.75 Å². The molecule has 2 aromatic heterocycles. The van der Waals surface area contributed by atoms with E-state index in [0.29, 0.717) is 5.16 Å². The summed E-state index contributed by atoms with van der Waals surface area (Å²) in [6, 6.07) is 5.99. The van der Waals surface area contributed by atoms with Gasteiger partial charge in [-0.05, 0) is 25.1 Å². The molecule has 1 aromatic carbocycles. The number of carbonyl (C=O) groups is 1. The lowest BCUT2D eigenvalue weighted by molar-refractivity contribution is -0.133. The van der Waals surface area contributed by atoms with Crippen LogP contribution in [-0.2, 0) is 4.79 Å². The number of imidazole rings is 1. The third-order valence-corrected chi connectivity index (χ3v) is 4.53. The molecule has 0 amide bonds. The maximum Gasteiger partial charge on any atom is 0.313 e. The van der Waals surface area contributed by atoms with E-state index >= 15 is 0 Å². The van der Waals surface area contributed by atoms with Crippen LogP contribution in [0.4, 0.5) is 0 Å². The van der Waals surface area contributed by atoms with Gasteiger partial charge in [-0.3, -0.25) is 9.36 Å². The van der Waals surface area contributed by atoms with Gasteiger partial charge in [0.2, 0.25) is 0 Å². The van der Waals surface area contributed by atoms with Crippen molar-refractivity contribution in [3.8, 4) is 5.69 Å². The van der Waals surface area contributed by atoms with Gasteiger partial charge in [-0.1, -0.05) is 11.8 Å². The van der Waals surface area contributed by atoms with Crippen LogP contribution < -0.4 is 0 Å². The van der Waals surface area contributed by atoms with Crippen molar-refractivity contribution in [3.05, 3.63) is 35.6 Å². The molecule has 3 rings (SSSR count). The highest BCUT2D eigenvalue weighted by atomic mass is 32.2. The quantitative estimate of drug-likeness (QED) is 0.751. The topological polar surface area (TPSA) is 68.0 Å². The minimum Gasteiger partial charge on any atom is -0.481 e. The summed E-state index contributed by atoms with van der Waals surface area (Å²) in [4.78, 5) is 19.2. The third kappa shape index (κ3) is 2.41. The number of carboxylic acid groups (broad SMARTS) is 1. The lowest BCUT2D eigenvalue weighted by Crippen LogP contribution is -2.02. The van der Waals surface area contributed by atoms with Crippen molar-refractivity contribution in [3.63, 3.8) is 0 Å². The third-order valence-electron chi connectivity index (χ3n) is 2.80. The Balaban J connectivity index is 2.03. The number of benzene rings is 1. The lowest BCUT2D eigenvalue weighted by atomic mass is 10.3. The Morgan fingerprint density at radius 1 is 1.45 bits per heavy atom. The number of aliphatic carboxylic acids is 1. The molecule has 0 unspecified atom stereocenters. The maximum absolute atomic E-state index is 10.7. The van der Waals surface area contributed by atoms with Crippen molar-refractivity contribution in [1.29, 1.82) is 0 Å². The van der Waals surface area contributed by atoms with E-state index in [1.54, 1.807) is 17.5 Å². The number of fused-ring (bicyclic) bond motifs is 1. The minimum atomic E-state index is -0.847. The number of thioether (sulfide) groups is 1. The molecule has 2 heterocycles. The van der Waals surface area contributed by atoms with Gasteiger partial charge in [-0.2, -0.15) is 0 Å². The Labute approximate surface area is 123 Å². The van der Waals surface area contributed by atoms with Crippen molar-refractivity contribution >= 4 is 39.3 Å². The van der Waals surface area contributed by atoms with Gasteiger partial charge in [0.25, 0.3) is 0 Å². The van der Waals surface area contributed by atoms with Crippen LogP contribution in [-0.4, -0.2) is 31.4 Å². The Hall–Kier alpha value is -1.86. The van der Waals surface area contributed by atoms with Crippen LogP contribution in [0.25, 0.3) is 15.9 Å². The van der Waals surface area contributed by atoms with Gasteiger partial charge in [0.15, 0.2) is 5.16 Å². The highest BCUT2D eigenvalue weighted by molar-refractivity contribution is 7.99. The van der Waals surface area contributed by atoms with E-state index < -0.39 is 5.97 Å². The number of nitrogens with zero attached hydrogens (tertiary/aromatic N) is 3. The van der Waals surface area contributed by atoms with Crippen LogP contribution in [0.3, 0.4) is 0 Å². The average molecular weight is 305 g/mol. The SMILES string of the molecule is Cc1cnc(SCC(=O)O)n1-c1ccc2ncsc2c1. The summed E-state index contributed by atoms with van der Waals surface area (Å²) in [6.07, 6.45) is 1.75. The molecule has 0 aliphatic carbocycles. The molecular weight excluding hydrogens is 294 g/mol. The first-order valence-electron chi connectivity index (χ1n) is 5.88. The average Bonchev–Trinajstić information content (AvgIpc) is 3.01. The molecule has 0 saturated carbocycles. The molecule has 7 heteroatoms. The molecule has 3 aromatic rings. The molecular formula is C13H11N3O2S2. The van der Waals surface area contributed by atoms with Gasteiger partial charge >= 0.3 is 5.97 Å². The number of rotatable bonds is 4.